The van der Waals surface area contributed by atoms with E-state index in [4.69, 9.17) is 0 Å². The summed E-state index contributed by atoms with van der Waals surface area (Å²) in [6.45, 7) is 2.17. The van der Waals surface area contributed by atoms with Gasteiger partial charge in [-0.2, -0.15) is 11.8 Å². The Morgan fingerprint density at radius 1 is 1.33 bits per heavy atom. The first-order chi connectivity index (χ1) is 4.41. The van der Waals surface area contributed by atoms with Crippen LogP contribution in [-0.2, 0) is 0 Å². The smallest absolute Gasteiger partial charge is 0.0110 e. The van der Waals surface area contributed by atoms with Crippen molar-refractivity contribution in [1.82, 2.24) is 0 Å². The van der Waals surface area contributed by atoms with E-state index in [2.05, 4.69) is 31.8 Å². The minimum Gasteiger partial charge on any atom is -0.161 e. The molecule has 0 spiro atoms. The van der Waals surface area contributed by atoms with Crippen LogP contribution in [0.25, 0.3) is 0 Å². The van der Waals surface area contributed by atoms with Crippen LogP contribution in [0.1, 0.15) is 19.8 Å². The molecule has 1 radical (unpaired) electrons. The third-order valence-corrected chi connectivity index (χ3v) is 1.55. The Balaban J connectivity index is 2.86. The first kappa shape index (κ1) is 9.09. The summed E-state index contributed by atoms with van der Waals surface area (Å²) in [5.41, 5.74) is 0. The van der Waals surface area contributed by atoms with Crippen LogP contribution in [-0.4, -0.2) is 12.0 Å². The van der Waals surface area contributed by atoms with Crippen molar-refractivity contribution in [3.05, 3.63) is 18.6 Å². The third kappa shape index (κ3) is 8.09. The van der Waals surface area contributed by atoms with Crippen molar-refractivity contribution in [3.63, 3.8) is 0 Å². The van der Waals surface area contributed by atoms with Crippen LogP contribution in [0.4, 0.5) is 0 Å². The first-order valence-corrected chi connectivity index (χ1v) is 4.76. The highest BCUT2D eigenvalue weighted by Crippen LogP contribution is 1.96. The SMILES string of the molecule is CC[CH]CC=CCSC. The van der Waals surface area contributed by atoms with Crippen molar-refractivity contribution in [2.24, 2.45) is 0 Å². The summed E-state index contributed by atoms with van der Waals surface area (Å²) in [6, 6.07) is 0. The molecule has 0 aromatic rings. The molecule has 53 valence electrons. The van der Waals surface area contributed by atoms with Gasteiger partial charge in [-0.05, 0) is 19.1 Å². The first-order valence-electron chi connectivity index (χ1n) is 3.37. The van der Waals surface area contributed by atoms with Gasteiger partial charge < -0.3 is 0 Å². The van der Waals surface area contributed by atoms with Gasteiger partial charge in [0.05, 0.1) is 0 Å². The largest absolute Gasteiger partial charge is 0.161 e. The molecule has 1 heteroatoms. The second-order valence-electron chi connectivity index (χ2n) is 1.86. The molecule has 0 atom stereocenters. The number of rotatable bonds is 5. The van der Waals surface area contributed by atoms with Crippen molar-refractivity contribution in [2.75, 3.05) is 12.0 Å². The summed E-state index contributed by atoms with van der Waals surface area (Å²) in [5.74, 6) is 1.15. The molecule has 0 saturated heterocycles. The van der Waals surface area contributed by atoms with Crippen LogP contribution in [0.3, 0.4) is 0 Å². The summed E-state index contributed by atoms with van der Waals surface area (Å²) < 4.78 is 0. The molecule has 0 heterocycles. The van der Waals surface area contributed by atoms with Gasteiger partial charge in [0.2, 0.25) is 0 Å². The molecule has 0 saturated carbocycles. The minimum atomic E-state index is 1.14. The van der Waals surface area contributed by atoms with Crippen LogP contribution >= 0.6 is 11.8 Å². The Morgan fingerprint density at radius 2 is 2.11 bits per heavy atom. The number of allylic oxidation sites excluding steroid dienone is 1. The molecule has 0 N–H and O–H groups in total. The molecule has 0 aliphatic carbocycles. The molecule has 0 aromatic carbocycles. The van der Waals surface area contributed by atoms with E-state index in [9.17, 15) is 0 Å². The lowest BCUT2D eigenvalue weighted by Gasteiger charge is -1.86. The summed E-state index contributed by atoms with van der Waals surface area (Å²) in [6.07, 6.45) is 11.2. The lowest BCUT2D eigenvalue weighted by Crippen LogP contribution is -1.70. The lowest BCUT2D eigenvalue weighted by molar-refractivity contribution is 1.02. The van der Waals surface area contributed by atoms with E-state index < -0.39 is 0 Å². The summed E-state index contributed by atoms with van der Waals surface area (Å²) in [5, 5.41) is 0. The standard InChI is InChI=1S/C8H15S/c1-3-4-5-6-7-8-9-2/h4,6-7H,3,5,8H2,1-2H3. The average Bonchev–Trinajstić information content (AvgIpc) is 1.89. The van der Waals surface area contributed by atoms with Crippen molar-refractivity contribution >= 4 is 11.8 Å². The predicted octanol–water partition coefficient (Wildman–Crippen LogP) is 2.91. The van der Waals surface area contributed by atoms with Crippen molar-refractivity contribution < 1.29 is 0 Å². The second-order valence-corrected chi connectivity index (χ2v) is 2.77. The fourth-order valence-corrected chi connectivity index (χ4v) is 0.852. The lowest BCUT2D eigenvalue weighted by atomic mass is 10.2. The molecule has 0 aliphatic heterocycles. The molecule has 0 fully saturated rings. The average molecular weight is 143 g/mol. The molecule has 9 heavy (non-hydrogen) atoms. The molecule has 0 bridgehead atoms. The maximum atomic E-state index is 2.27. The van der Waals surface area contributed by atoms with Crippen LogP contribution in [0.15, 0.2) is 12.2 Å². The molecule has 0 aliphatic rings. The van der Waals surface area contributed by atoms with E-state index >= 15 is 0 Å². The molecule has 0 rings (SSSR count). The zero-order chi connectivity index (χ0) is 6.95. The van der Waals surface area contributed by atoms with E-state index in [1.54, 1.807) is 0 Å². The quantitative estimate of drug-likeness (QED) is 0.421. The zero-order valence-electron chi connectivity index (χ0n) is 6.26. The molecule has 0 nitrogen and oxygen atoms in total. The van der Waals surface area contributed by atoms with Crippen LogP contribution in [0, 0.1) is 6.42 Å². The number of hydrogen-bond acceptors (Lipinski definition) is 1. The summed E-state index contributed by atoms with van der Waals surface area (Å²) >= 11 is 1.86. The predicted molar refractivity (Wildman–Crippen MR) is 46.7 cm³/mol. The van der Waals surface area contributed by atoms with Crippen molar-refractivity contribution in [3.8, 4) is 0 Å². The van der Waals surface area contributed by atoms with Gasteiger partial charge in [-0.15, -0.1) is 0 Å². The number of hydrogen-bond donors (Lipinski definition) is 0. The Labute approximate surface area is 62.7 Å². The Hall–Kier alpha value is 0.0900. The van der Waals surface area contributed by atoms with Crippen LogP contribution < -0.4 is 0 Å². The minimum absolute atomic E-state index is 1.14. The Kier molecular flexibility index (Phi) is 8.17. The van der Waals surface area contributed by atoms with Gasteiger partial charge in [0.15, 0.2) is 0 Å². The van der Waals surface area contributed by atoms with E-state index in [-0.39, 0.29) is 0 Å². The fraction of sp³-hybridized carbons (Fsp3) is 0.625. The van der Waals surface area contributed by atoms with Crippen molar-refractivity contribution in [2.45, 2.75) is 19.8 Å². The monoisotopic (exact) mass is 143 g/mol. The molecule has 0 aromatic heterocycles. The van der Waals surface area contributed by atoms with Gasteiger partial charge in [-0.3, -0.25) is 0 Å². The summed E-state index contributed by atoms with van der Waals surface area (Å²) in [7, 11) is 0. The molecule has 0 amide bonds. The summed E-state index contributed by atoms with van der Waals surface area (Å²) in [4.78, 5) is 0. The highest BCUT2D eigenvalue weighted by atomic mass is 32.2. The van der Waals surface area contributed by atoms with Gasteiger partial charge in [0.25, 0.3) is 0 Å². The maximum absolute atomic E-state index is 2.27. The van der Waals surface area contributed by atoms with Gasteiger partial charge >= 0.3 is 0 Å². The Bertz CT molecular complexity index is 67.0. The number of unbranched alkanes of at least 4 members (excludes halogenated alkanes) is 2. The van der Waals surface area contributed by atoms with Gasteiger partial charge in [0.1, 0.15) is 0 Å². The second kappa shape index (κ2) is 8.09. The van der Waals surface area contributed by atoms with Gasteiger partial charge in [-0.1, -0.05) is 25.5 Å². The van der Waals surface area contributed by atoms with E-state index in [0.29, 0.717) is 0 Å². The van der Waals surface area contributed by atoms with Crippen molar-refractivity contribution in [1.29, 1.82) is 0 Å². The molecular formula is C8H15S. The number of thioether (sulfide) groups is 1. The fourth-order valence-electron chi connectivity index (χ4n) is 0.523. The van der Waals surface area contributed by atoms with E-state index in [1.165, 1.54) is 6.42 Å². The topological polar surface area (TPSA) is 0 Å². The highest BCUT2D eigenvalue weighted by molar-refractivity contribution is 7.98. The maximum Gasteiger partial charge on any atom is 0.0110 e. The van der Waals surface area contributed by atoms with Crippen LogP contribution in [0.5, 0.6) is 0 Å². The highest BCUT2D eigenvalue weighted by Gasteiger charge is 1.76. The van der Waals surface area contributed by atoms with E-state index in [0.717, 1.165) is 12.2 Å². The zero-order valence-corrected chi connectivity index (χ0v) is 7.08. The Morgan fingerprint density at radius 3 is 2.67 bits per heavy atom. The van der Waals surface area contributed by atoms with Crippen LogP contribution in [0.2, 0.25) is 0 Å². The molecule has 0 unspecified atom stereocenters. The van der Waals surface area contributed by atoms with Gasteiger partial charge in [-0.25, -0.2) is 0 Å². The normalized spacial score (nSPS) is 10.9. The van der Waals surface area contributed by atoms with E-state index in [1.807, 2.05) is 11.8 Å². The van der Waals surface area contributed by atoms with Gasteiger partial charge in [0, 0.05) is 5.75 Å². The third-order valence-electron chi connectivity index (χ3n) is 1.02. The molecular weight excluding hydrogens is 128 g/mol.